The number of carbonyl (C=O) groups excluding carboxylic acids is 1. The van der Waals surface area contributed by atoms with Crippen LogP contribution < -0.4 is 5.32 Å². The number of likely N-dealkylation sites (tertiary alicyclic amines) is 1. The number of hydrogen-bond donors (Lipinski definition) is 1. The molecule has 1 saturated heterocycles. The Morgan fingerprint density at radius 1 is 1.33 bits per heavy atom. The first-order valence-corrected chi connectivity index (χ1v) is 8.84. The predicted octanol–water partition coefficient (Wildman–Crippen LogP) is 2.60. The zero-order valence-corrected chi connectivity index (χ0v) is 15.5. The molecule has 0 spiro atoms. The largest absolute Gasteiger partial charge is 0.464 e. The number of hydrogen-bond acceptors (Lipinski definition) is 7. The first-order valence-electron chi connectivity index (χ1n) is 8.84. The summed E-state index contributed by atoms with van der Waals surface area (Å²) in [6.45, 7) is 6.45. The van der Waals surface area contributed by atoms with Crippen LogP contribution in [0.2, 0.25) is 0 Å². The van der Waals surface area contributed by atoms with Crippen molar-refractivity contribution in [3.63, 3.8) is 0 Å². The molecule has 0 saturated carbocycles. The molecule has 2 amide bonds. The number of furan rings is 1. The van der Waals surface area contributed by atoms with Crippen molar-refractivity contribution in [2.24, 2.45) is 0 Å². The van der Waals surface area contributed by atoms with Crippen molar-refractivity contribution in [2.45, 2.75) is 46.2 Å². The third-order valence-electron chi connectivity index (χ3n) is 4.67. The van der Waals surface area contributed by atoms with Gasteiger partial charge in [0.05, 0.1) is 11.7 Å². The molecule has 27 heavy (non-hydrogen) atoms. The number of aryl methyl sites for hydroxylation is 2. The summed E-state index contributed by atoms with van der Waals surface area (Å²) in [5, 5.41) is 14.9. The Morgan fingerprint density at radius 2 is 2.19 bits per heavy atom. The van der Waals surface area contributed by atoms with E-state index in [0.29, 0.717) is 30.6 Å². The van der Waals surface area contributed by atoms with Crippen molar-refractivity contribution in [3.05, 3.63) is 41.1 Å². The van der Waals surface area contributed by atoms with E-state index >= 15 is 0 Å². The van der Waals surface area contributed by atoms with Crippen LogP contribution in [0.1, 0.15) is 47.8 Å². The van der Waals surface area contributed by atoms with Gasteiger partial charge >= 0.3 is 6.03 Å². The number of nitrogens with zero attached hydrogens (tertiary/aromatic N) is 6. The molecule has 1 atom stereocenters. The molecule has 4 rings (SSSR count). The number of urea groups is 1. The summed E-state index contributed by atoms with van der Waals surface area (Å²) in [7, 11) is 0. The van der Waals surface area contributed by atoms with Gasteiger partial charge in [-0.3, -0.25) is 5.32 Å². The van der Waals surface area contributed by atoms with Crippen LogP contribution in [-0.4, -0.2) is 42.6 Å². The molecule has 1 fully saturated rings. The maximum absolute atomic E-state index is 12.8. The van der Waals surface area contributed by atoms with Crippen LogP contribution in [0.25, 0.3) is 0 Å². The molecule has 0 aliphatic carbocycles. The molecule has 1 unspecified atom stereocenters. The Balaban J connectivity index is 1.46. The molecule has 1 aliphatic rings. The molecule has 10 heteroatoms. The van der Waals surface area contributed by atoms with E-state index in [1.165, 1.54) is 0 Å². The van der Waals surface area contributed by atoms with E-state index in [9.17, 15) is 4.79 Å². The normalized spacial score (nSPS) is 16.9. The number of anilines is 1. The van der Waals surface area contributed by atoms with E-state index < -0.39 is 0 Å². The van der Waals surface area contributed by atoms with Gasteiger partial charge in [0.2, 0.25) is 5.89 Å². The molecule has 142 valence electrons. The third kappa shape index (κ3) is 3.42. The molecular formula is C17H21N7O3. The van der Waals surface area contributed by atoms with Gasteiger partial charge in [-0.25, -0.2) is 9.48 Å². The maximum Gasteiger partial charge on any atom is 0.323 e. The van der Waals surface area contributed by atoms with Crippen LogP contribution in [0.4, 0.5) is 10.6 Å². The van der Waals surface area contributed by atoms with Gasteiger partial charge in [-0.1, -0.05) is 10.4 Å². The van der Waals surface area contributed by atoms with Crippen LogP contribution in [-0.2, 0) is 6.54 Å². The van der Waals surface area contributed by atoms with Crippen LogP contribution >= 0.6 is 0 Å². The maximum atomic E-state index is 12.8. The fourth-order valence-electron chi connectivity index (χ4n) is 3.28. The minimum atomic E-state index is -0.211. The highest BCUT2D eigenvalue weighted by molar-refractivity contribution is 5.89. The lowest BCUT2D eigenvalue weighted by Crippen LogP contribution is -2.34. The van der Waals surface area contributed by atoms with E-state index in [2.05, 4.69) is 25.8 Å². The first-order chi connectivity index (χ1) is 13.0. The predicted molar refractivity (Wildman–Crippen MR) is 94.0 cm³/mol. The Kier molecular flexibility index (Phi) is 4.38. The fourth-order valence-corrected chi connectivity index (χ4v) is 3.28. The van der Waals surface area contributed by atoms with Crippen molar-refractivity contribution in [2.75, 3.05) is 11.9 Å². The van der Waals surface area contributed by atoms with E-state index in [-0.39, 0.29) is 12.1 Å². The highest BCUT2D eigenvalue weighted by Gasteiger charge is 2.32. The van der Waals surface area contributed by atoms with Crippen LogP contribution in [0.5, 0.6) is 0 Å². The highest BCUT2D eigenvalue weighted by atomic mass is 16.5. The van der Waals surface area contributed by atoms with Gasteiger partial charge in [0, 0.05) is 13.5 Å². The molecule has 0 aromatic carbocycles. The Bertz CT molecular complexity index is 958. The van der Waals surface area contributed by atoms with Crippen molar-refractivity contribution >= 4 is 11.8 Å². The monoisotopic (exact) mass is 371 g/mol. The number of carbonyl (C=O) groups is 1. The minimum absolute atomic E-state index is 0.0589. The lowest BCUT2D eigenvalue weighted by atomic mass is 10.2. The summed E-state index contributed by atoms with van der Waals surface area (Å²) in [6.07, 6.45) is 1.81. The van der Waals surface area contributed by atoms with E-state index in [1.54, 1.807) is 16.5 Å². The molecule has 0 radical (unpaired) electrons. The highest BCUT2D eigenvalue weighted by Crippen LogP contribution is 2.33. The van der Waals surface area contributed by atoms with E-state index in [1.807, 2.05) is 26.0 Å². The Hall–Kier alpha value is -3.17. The Morgan fingerprint density at radius 3 is 2.89 bits per heavy atom. The van der Waals surface area contributed by atoms with Gasteiger partial charge in [-0.15, -0.1) is 5.10 Å². The molecule has 0 bridgehead atoms. The molecule has 3 aromatic rings. The molecule has 1 aliphatic heterocycles. The number of amides is 2. The van der Waals surface area contributed by atoms with Gasteiger partial charge in [-0.05, 0) is 38.8 Å². The van der Waals surface area contributed by atoms with E-state index in [0.717, 1.165) is 30.1 Å². The second-order valence-electron chi connectivity index (χ2n) is 6.64. The summed E-state index contributed by atoms with van der Waals surface area (Å²) in [6, 6.07) is 3.58. The summed E-state index contributed by atoms with van der Waals surface area (Å²) in [5.41, 5.74) is 0.718. The van der Waals surface area contributed by atoms with Gasteiger partial charge in [0.15, 0.2) is 11.6 Å². The average Bonchev–Trinajstić information content (AvgIpc) is 3.40. The van der Waals surface area contributed by atoms with Crippen molar-refractivity contribution < 1.29 is 13.7 Å². The topological polar surface area (TPSA) is 115 Å². The number of nitrogens with one attached hydrogen (secondary N) is 1. The molecule has 1 N–H and O–H groups in total. The smallest absolute Gasteiger partial charge is 0.323 e. The van der Waals surface area contributed by atoms with Crippen molar-refractivity contribution in [1.82, 2.24) is 30.0 Å². The van der Waals surface area contributed by atoms with Crippen molar-refractivity contribution in [1.29, 1.82) is 0 Å². The summed E-state index contributed by atoms with van der Waals surface area (Å²) in [4.78, 5) is 18.7. The standard InChI is InChI=1S/C17H21N7O3/c1-10-6-7-14(26-10)13-5-4-8-23(13)17(25)19-16-11(2)24(22-20-16)9-15-18-12(3)27-21-15/h6-7,13H,4-5,8-9H2,1-3H3,(H,19,25). The molecule has 10 nitrogen and oxygen atoms in total. The SMILES string of the molecule is Cc1ccc(C2CCCN2C(=O)Nc2nnn(Cc3noc(C)n3)c2C)o1. The molecule has 4 heterocycles. The summed E-state index contributed by atoms with van der Waals surface area (Å²) in [5.74, 6) is 3.07. The van der Waals surface area contributed by atoms with Crippen LogP contribution in [0, 0.1) is 20.8 Å². The third-order valence-corrected chi connectivity index (χ3v) is 4.67. The first kappa shape index (κ1) is 17.3. The number of rotatable bonds is 4. The lowest BCUT2D eigenvalue weighted by molar-refractivity contribution is 0.199. The molecule has 3 aromatic heterocycles. The summed E-state index contributed by atoms with van der Waals surface area (Å²) < 4.78 is 12.3. The minimum Gasteiger partial charge on any atom is -0.464 e. The average molecular weight is 371 g/mol. The fraction of sp³-hybridized carbons (Fsp3) is 0.471. The van der Waals surface area contributed by atoms with Crippen molar-refractivity contribution in [3.8, 4) is 0 Å². The Labute approximate surface area is 155 Å². The number of aromatic nitrogens is 5. The molecular weight excluding hydrogens is 350 g/mol. The zero-order valence-electron chi connectivity index (χ0n) is 15.5. The van der Waals surface area contributed by atoms with E-state index in [4.69, 9.17) is 8.94 Å². The van der Waals surface area contributed by atoms with Gasteiger partial charge in [0.25, 0.3) is 0 Å². The van der Waals surface area contributed by atoms with Gasteiger partial charge in [-0.2, -0.15) is 4.98 Å². The van der Waals surface area contributed by atoms with Crippen LogP contribution in [0.15, 0.2) is 21.1 Å². The van der Waals surface area contributed by atoms with Gasteiger partial charge in [0.1, 0.15) is 18.1 Å². The quantitative estimate of drug-likeness (QED) is 0.749. The summed E-state index contributed by atoms with van der Waals surface area (Å²) >= 11 is 0. The van der Waals surface area contributed by atoms with Gasteiger partial charge < -0.3 is 13.8 Å². The zero-order chi connectivity index (χ0) is 19.0. The van der Waals surface area contributed by atoms with Crippen LogP contribution in [0.3, 0.4) is 0 Å². The second kappa shape index (κ2) is 6.86. The lowest BCUT2D eigenvalue weighted by Gasteiger charge is -2.23. The second-order valence-corrected chi connectivity index (χ2v) is 6.64.